The maximum absolute atomic E-state index is 12.5. The molecule has 0 radical (unpaired) electrons. The van der Waals surface area contributed by atoms with Crippen molar-refractivity contribution < 1.29 is 13.8 Å². The van der Waals surface area contributed by atoms with Crippen molar-refractivity contribution in [3.05, 3.63) is 28.7 Å². The number of carbonyl (C=O) groups excluding carboxylic acids is 1. The van der Waals surface area contributed by atoms with Crippen LogP contribution in [0.4, 0.5) is 0 Å². The molecule has 0 aromatic carbocycles. The number of piperidine rings is 1. The van der Waals surface area contributed by atoms with Crippen LogP contribution in [0.25, 0.3) is 0 Å². The maximum Gasteiger partial charge on any atom is 0.231 e. The van der Waals surface area contributed by atoms with Gasteiger partial charge in [-0.15, -0.1) is 0 Å². The minimum Gasteiger partial charge on any atom is -0.361 e. The highest BCUT2D eigenvalue weighted by Crippen LogP contribution is 2.26. The van der Waals surface area contributed by atoms with Crippen molar-refractivity contribution in [3.63, 3.8) is 0 Å². The van der Waals surface area contributed by atoms with E-state index in [0.717, 1.165) is 36.4 Å². The van der Waals surface area contributed by atoms with Crippen molar-refractivity contribution in [3.8, 4) is 0 Å². The van der Waals surface area contributed by atoms with Crippen LogP contribution >= 0.6 is 0 Å². The predicted molar refractivity (Wildman–Crippen MR) is 81.9 cm³/mol. The van der Waals surface area contributed by atoms with Gasteiger partial charge >= 0.3 is 0 Å². The zero-order valence-electron chi connectivity index (χ0n) is 13.8. The van der Waals surface area contributed by atoms with E-state index < -0.39 is 0 Å². The first kappa shape index (κ1) is 15.7. The fourth-order valence-corrected chi connectivity index (χ4v) is 3.13. The average Bonchev–Trinajstić information content (AvgIpc) is 3.12. The summed E-state index contributed by atoms with van der Waals surface area (Å²) in [6.07, 6.45) is 3.08. The summed E-state index contributed by atoms with van der Waals surface area (Å²) in [7, 11) is 0. The number of aromatic nitrogens is 3. The number of hydrogen-bond acceptors (Lipinski definition) is 6. The summed E-state index contributed by atoms with van der Waals surface area (Å²) in [6.45, 7) is 7.05. The Kier molecular flexibility index (Phi) is 4.45. The average molecular weight is 318 g/mol. The molecule has 3 heterocycles. The molecule has 2 aromatic rings. The Bertz CT molecular complexity index is 672. The molecule has 0 saturated carbocycles. The molecule has 3 rings (SSSR count). The van der Waals surface area contributed by atoms with E-state index in [2.05, 4.69) is 15.3 Å². The van der Waals surface area contributed by atoms with Gasteiger partial charge in [0.25, 0.3) is 0 Å². The number of nitrogens with zero attached hydrogens (tertiary/aromatic N) is 4. The molecule has 1 saturated heterocycles. The fourth-order valence-electron chi connectivity index (χ4n) is 3.13. The Labute approximate surface area is 135 Å². The van der Waals surface area contributed by atoms with E-state index in [0.29, 0.717) is 31.1 Å². The van der Waals surface area contributed by atoms with Gasteiger partial charge in [-0.25, -0.2) is 0 Å². The van der Waals surface area contributed by atoms with Crippen molar-refractivity contribution in [2.45, 2.75) is 52.4 Å². The van der Waals surface area contributed by atoms with Crippen LogP contribution in [0.5, 0.6) is 0 Å². The van der Waals surface area contributed by atoms with Gasteiger partial charge in [-0.1, -0.05) is 10.3 Å². The van der Waals surface area contributed by atoms with Crippen LogP contribution in [0, 0.1) is 20.8 Å². The zero-order chi connectivity index (χ0) is 16.4. The van der Waals surface area contributed by atoms with Gasteiger partial charge in [0.15, 0.2) is 5.82 Å². The largest absolute Gasteiger partial charge is 0.361 e. The van der Waals surface area contributed by atoms with E-state index in [4.69, 9.17) is 9.05 Å². The number of carbonyl (C=O) groups is 1. The van der Waals surface area contributed by atoms with Gasteiger partial charge in [0.1, 0.15) is 5.76 Å². The third-order valence-corrected chi connectivity index (χ3v) is 4.44. The Morgan fingerprint density at radius 3 is 2.74 bits per heavy atom. The van der Waals surface area contributed by atoms with Crippen LogP contribution in [-0.4, -0.2) is 39.2 Å². The molecule has 0 spiro atoms. The smallest absolute Gasteiger partial charge is 0.231 e. The summed E-state index contributed by atoms with van der Waals surface area (Å²) in [6, 6.07) is 0. The summed E-state index contributed by atoms with van der Waals surface area (Å²) in [5.41, 5.74) is 1.91. The summed E-state index contributed by atoms with van der Waals surface area (Å²) < 4.78 is 10.4. The van der Waals surface area contributed by atoms with Crippen LogP contribution in [0.3, 0.4) is 0 Å². The van der Waals surface area contributed by atoms with Gasteiger partial charge in [-0.3, -0.25) is 4.79 Å². The van der Waals surface area contributed by atoms with Gasteiger partial charge in [-0.05, 0) is 40.0 Å². The summed E-state index contributed by atoms with van der Waals surface area (Å²) in [5.74, 6) is 2.39. The number of hydrogen-bond donors (Lipinski definition) is 0. The lowest BCUT2D eigenvalue weighted by atomic mass is 9.97. The SMILES string of the molecule is Cc1noc([C@H]2CCCN(C(=O)CCc3c(C)noc3C)C2)n1. The highest BCUT2D eigenvalue weighted by atomic mass is 16.5. The van der Waals surface area contributed by atoms with Crippen molar-refractivity contribution >= 4 is 5.91 Å². The van der Waals surface area contributed by atoms with Crippen LogP contribution < -0.4 is 0 Å². The van der Waals surface area contributed by atoms with E-state index in [-0.39, 0.29) is 11.8 Å². The first-order valence-electron chi connectivity index (χ1n) is 8.04. The molecule has 0 bridgehead atoms. The molecule has 1 aliphatic rings. The van der Waals surface area contributed by atoms with Crippen molar-refractivity contribution in [2.24, 2.45) is 0 Å². The topological polar surface area (TPSA) is 85.3 Å². The standard InChI is InChI=1S/C16H22N4O3/c1-10-14(11(2)22-18-10)6-7-15(21)20-8-4-5-13(9-20)16-17-12(3)19-23-16/h13H,4-9H2,1-3H3/t13-/m0/s1. The third kappa shape index (κ3) is 3.43. The molecule has 0 unspecified atom stereocenters. The quantitative estimate of drug-likeness (QED) is 0.860. The molecular weight excluding hydrogens is 296 g/mol. The van der Waals surface area contributed by atoms with Gasteiger partial charge < -0.3 is 13.9 Å². The molecule has 0 aliphatic carbocycles. The van der Waals surface area contributed by atoms with Crippen molar-refractivity contribution in [1.82, 2.24) is 20.2 Å². The highest BCUT2D eigenvalue weighted by molar-refractivity contribution is 5.76. The predicted octanol–water partition coefficient (Wildman–Crippen LogP) is 2.32. The summed E-state index contributed by atoms with van der Waals surface area (Å²) >= 11 is 0. The lowest BCUT2D eigenvalue weighted by Gasteiger charge is -2.31. The van der Waals surface area contributed by atoms with E-state index in [1.165, 1.54) is 0 Å². The lowest BCUT2D eigenvalue weighted by molar-refractivity contribution is -0.132. The first-order chi connectivity index (χ1) is 11.0. The molecular formula is C16H22N4O3. The minimum absolute atomic E-state index is 0.146. The monoisotopic (exact) mass is 318 g/mol. The van der Waals surface area contributed by atoms with E-state index in [1.807, 2.05) is 25.7 Å². The Morgan fingerprint density at radius 2 is 2.09 bits per heavy atom. The Hall–Kier alpha value is -2.18. The second kappa shape index (κ2) is 6.52. The number of rotatable bonds is 4. The van der Waals surface area contributed by atoms with Crippen LogP contribution in [0.1, 0.15) is 53.9 Å². The van der Waals surface area contributed by atoms with Crippen LogP contribution in [-0.2, 0) is 11.2 Å². The van der Waals surface area contributed by atoms with Gasteiger partial charge in [0.05, 0.1) is 11.6 Å². The minimum atomic E-state index is 0.146. The van der Waals surface area contributed by atoms with E-state index in [1.54, 1.807) is 0 Å². The first-order valence-corrected chi connectivity index (χ1v) is 8.04. The number of amides is 1. The van der Waals surface area contributed by atoms with Crippen LogP contribution in [0.15, 0.2) is 9.05 Å². The lowest BCUT2D eigenvalue weighted by Crippen LogP contribution is -2.39. The highest BCUT2D eigenvalue weighted by Gasteiger charge is 2.28. The molecule has 2 aromatic heterocycles. The molecule has 0 N–H and O–H groups in total. The zero-order valence-corrected chi connectivity index (χ0v) is 13.8. The maximum atomic E-state index is 12.5. The van der Waals surface area contributed by atoms with Crippen LogP contribution in [0.2, 0.25) is 0 Å². The normalized spacial score (nSPS) is 18.4. The fraction of sp³-hybridized carbons (Fsp3) is 0.625. The summed E-state index contributed by atoms with van der Waals surface area (Å²) in [5, 5.41) is 7.78. The van der Waals surface area contributed by atoms with Crippen molar-refractivity contribution in [2.75, 3.05) is 13.1 Å². The molecule has 7 nitrogen and oxygen atoms in total. The molecule has 124 valence electrons. The molecule has 1 aliphatic heterocycles. The molecule has 7 heteroatoms. The summed E-state index contributed by atoms with van der Waals surface area (Å²) in [4.78, 5) is 18.7. The Balaban J connectivity index is 1.59. The molecule has 1 fully saturated rings. The number of aryl methyl sites for hydroxylation is 3. The molecule has 23 heavy (non-hydrogen) atoms. The third-order valence-electron chi connectivity index (χ3n) is 4.44. The van der Waals surface area contributed by atoms with Crippen molar-refractivity contribution in [1.29, 1.82) is 0 Å². The molecule has 1 amide bonds. The van der Waals surface area contributed by atoms with E-state index >= 15 is 0 Å². The Morgan fingerprint density at radius 1 is 1.26 bits per heavy atom. The number of likely N-dealkylation sites (tertiary alicyclic amines) is 1. The van der Waals surface area contributed by atoms with Gasteiger partial charge in [0.2, 0.25) is 11.8 Å². The molecule has 1 atom stereocenters. The second-order valence-corrected chi connectivity index (χ2v) is 6.16. The van der Waals surface area contributed by atoms with Gasteiger partial charge in [0, 0.05) is 25.1 Å². The van der Waals surface area contributed by atoms with Gasteiger partial charge in [-0.2, -0.15) is 4.98 Å². The second-order valence-electron chi connectivity index (χ2n) is 6.16. The van der Waals surface area contributed by atoms with E-state index in [9.17, 15) is 4.79 Å².